The number of H-pyrrole nitrogens is 1. The van der Waals surface area contributed by atoms with Crippen LogP contribution in [0, 0.1) is 6.92 Å². The summed E-state index contributed by atoms with van der Waals surface area (Å²) >= 11 is 0. The molecule has 0 spiro atoms. The SMILES string of the molecule is CCOc1ccc(-n2c(C)n[nH]c2=O)cc1. The highest BCUT2D eigenvalue weighted by Gasteiger charge is 2.05. The molecular weight excluding hydrogens is 206 g/mol. The molecule has 0 fully saturated rings. The summed E-state index contributed by atoms with van der Waals surface area (Å²) in [5.41, 5.74) is 0.543. The molecule has 1 N–H and O–H groups in total. The zero-order valence-electron chi connectivity index (χ0n) is 9.23. The van der Waals surface area contributed by atoms with Crippen LogP contribution in [0.5, 0.6) is 5.75 Å². The number of ether oxygens (including phenoxy) is 1. The van der Waals surface area contributed by atoms with Gasteiger partial charge in [0.25, 0.3) is 0 Å². The predicted molar refractivity (Wildman–Crippen MR) is 60.1 cm³/mol. The van der Waals surface area contributed by atoms with Crippen LogP contribution in [-0.2, 0) is 0 Å². The Morgan fingerprint density at radius 2 is 2.06 bits per heavy atom. The third-order valence-corrected chi connectivity index (χ3v) is 2.25. The first kappa shape index (κ1) is 10.5. The second-order valence-electron chi connectivity index (χ2n) is 3.34. The predicted octanol–water partition coefficient (Wildman–Crippen LogP) is 1.27. The third kappa shape index (κ3) is 1.84. The lowest BCUT2D eigenvalue weighted by Crippen LogP contribution is -2.15. The van der Waals surface area contributed by atoms with E-state index >= 15 is 0 Å². The smallest absolute Gasteiger partial charge is 0.347 e. The summed E-state index contributed by atoms with van der Waals surface area (Å²) in [5, 5.41) is 6.25. The number of aromatic amines is 1. The molecule has 2 rings (SSSR count). The highest BCUT2D eigenvalue weighted by Crippen LogP contribution is 2.14. The molecule has 0 amide bonds. The van der Waals surface area contributed by atoms with Crippen molar-refractivity contribution in [2.75, 3.05) is 6.61 Å². The summed E-state index contributed by atoms with van der Waals surface area (Å²) < 4.78 is 6.84. The largest absolute Gasteiger partial charge is 0.494 e. The van der Waals surface area contributed by atoms with E-state index in [0.717, 1.165) is 11.4 Å². The number of benzene rings is 1. The molecule has 1 aromatic carbocycles. The average molecular weight is 219 g/mol. The summed E-state index contributed by atoms with van der Waals surface area (Å²) in [7, 11) is 0. The lowest BCUT2D eigenvalue weighted by molar-refractivity contribution is 0.340. The van der Waals surface area contributed by atoms with Gasteiger partial charge in [-0.2, -0.15) is 5.10 Å². The number of nitrogens with one attached hydrogen (secondary N) is 1. The van der Waals surface area contributed by atoms with Crippen LogP contribution in [0.15, 0.2) is 29.1 Å². The molecule has 0 atom stereocenters. The number of hydrogen-bond donors (Lipinski definition) is 1. The molecule has 0 radical (unpaired) electrons. The van der Waals surface area contributed by atoms with Crippen LogP contribution in [0.1, 0.15) is 12.7 Å². The van der Waals surface area contributed by atoms with Gasteiger partial charge in [0, 0.05) is 0 Å². The van der Waals surface area contributed by atoms with Crippen molar-refractivity contribution in [1.82, 2.24) is 14.8 Å². The van der Waals surface area contributed by atoms with Gasteiger partial charge in [0.15, 0.2) is 0 Å². The Morgan fingerprint density at radius 3 is 2.56 bits per heavy atom. The Balaban J connectivity index is 2.39. The van der Waals surface area contributed by atoms with Crippen LogP contribution in [-0.4, -0.2) is 21.4 Å². The normalized spacial score (nSPS) is 10.4. The molecule has 1 aromatic heterocycles. The standard InChI is InChI=1S/C11H13N3O2/c1-3-16-10-6-4-9(5-7-10)14-8(2)12-13-11(14)15/h4-7H,3H2,1-2H3,(H,13,15). The topological polar surface area (TPSA) is 59.9 Å². The lowest BCUT2D eigenvalue weighted by Gasteiger charge is -2.05. The van der Waals surface area contributed by atoms with E-state index in [1.807, 2.05) is 31.2 Å². The molecule has 2 aromatic rings. The number of nitrogens with zero attached hydrogens (tertiary/aromatic N) is 2. The zero-order valence-corrected chi connectivity index (χ0v) is 9.23. The molecule has 5 heteroatoms. The van der Waals surface area contributed by atoms with Gasteiger partial charge < -0.3 is 4.74 Å². The van der Waals surface area contributed by atoms with Gasteiger partial charge in [0.2, 0.25) is 0 Å². The first-order valence-corrected chi connectivity index (χ1v) is 5.09. The number of rotatable bonds is 3. The van der Waals surface area contributed by atoms with Crippen LogP contribution in [0.2, 0.25) is 0 Å². The first-order valence-electron chi connectivity index (χ1n) is 5.09. The van der Waals surface area contributed by atoms with Gasteiger partial charge in [-0.25, -0.2) is 14.5 Å². The monoisotopic (exact) mass is 219 g/mol. The van der Waals surface area contributed by atoms with Gasteiger partial charge in [0.05, 0.1) is 12.3 Å². The zero-order chi connectivity index (χ0) is 11.5. The van der Waals surface area contributed by atoms with E-state index in [-0.39, 0.29) is 5.69 Å². The van der Waals surface area contributed by atoms with Crippen molar-refractivity contribution in [1.29, 1.82) is 0 Å². The molecule has 5 nitrogen and oxygen atoms in total. The van der Waals surface area contributed by atoms with E-state index in [4.69, 9.17) is 4.74 Å². The molecule has 0 bridgehead atoms. The van der Waals surface area contributed by atoms with E-state index in [1.165, 1.54) is 4.57 Å². The minimum Gasteiger partial charge on any atom is -0.494 e. The van der Waals surface area contributed by atoms with Crippen LogP contribution in [0.25, 0.3) is 5.69 Å². The van der Waals surface area contributed by atoms with E-state index in [9.17, 15) is 4.79 Å². The molecule has 0 aliphatic carbocycles. The van der Waals surface area contributed by atoms with Crippen LogP contribution < -0.4 is 10.4 Å². The quantitative estimate of drug-likeness (QED) is 0.845. The van der Waals surface area contributed by atoms with Gasteiger partial charge in [0.1, 0.15) is 11.6 Å². The van der Waals surface area contributed by atoms with Crippen molar-refractivity contribution in [3.8, 4) is 11.4 Å². The molecule has 16 heavy (non-hydrogen) atoms. The summed E-state index contributed by atoms with van der Waals surface area (Å²) in [4.78, 5) is 11.5. The molecule has 0 saturated heterocycles. The maximum Gasteiger partial charge on any atom is 0.347 e. The van der Waals surface area contributed by atoms with E-state index in [0.29, 0.717) is 12.4 Å². The van der Waals surface area contributed by atoms with E-state index in [2.05, 4.69) is 10.2 Å². The van der Waals surface area contributed by atoms with Crippen molar-refractivity contribution >= 4 is 0 Å². The van der Waals surface area contributed by atoms with Crippen molar-refractivity contribution in [3.05, 3.63) is 40.6 Å². The second-order valence-corrected chi connectivity index (χ2v) is 3.34. The second kappa shape index (κ2) is 4.22. The maximum absolute atomic E-state index is 11.5. The van der Waals surface area contributed by atoms with Gasteiger partial charge in [-0.3, -0.25) is 0 Å². The van der Waals surface area contributed by atoms with Gasteiger partial charge in [-0.1, -0.05) is 0 Å². The van der Waals surface area contributed by atoms with Crippen molar-refractivity contribution in [3.63, 3.8) is 0 Å². The Bertz CT molecular complexity index is 525. The Morgan fingerprint density at radius 1 is 1.38 bits per heavy atom. The third-order valence-electron chi connectivity index (χ3n) is 2.25. The first-order chi connectivity index (χ1) is 7.72. The van der Waals surface area contributed by atoms with Crippen molar-refractivity contribution < 1.29 is 4.74 Å². The Hall–Kier alpha value is -2.04. The summed E-state index contributed by atoms with van der Waals surface area (Å²) in [5.74, 6) is 1.43. The van der Waals surface area contributed by atoms with Gasteiger partial charge >= 0.3 is 5.69 Å². The molecule has 0 aliphatic heterocycles. The maximum atomic E-state index is 11.5. The molecule has 1 heterocycles. The molecule has 84 valence electrons. The van der Waals surface area contributed by atoms with Crippen LogP contribution >= 0.6 is 0 Å². The highest BCUT2D eigenvalue weighted by molar-refractivity contribution is 5.37. The fraction of sp³-hybridized carbons (Fsp3) is 0.273. The highest BCUT2D eigenvalue weighted by atomic mass is 16.5. The summed E-state index contributed by atoms with van der Waals surface area (Å²) in [6.07, 6.45) is 0. The van der Waals surface area contributed by atoms with Crippen molar-refractivity contribution in [2.24, 2.45) is 0 Å². The number of aryl methyl sites for hydroxylation is 1. The Kier molecular flexibility index (Phi) is 2.76. The minimum atomic E-state index is -0.235. The average Bonchev–Trinajstić information content (AvgIpc) is 2.61. The summed E-state index contributed by atoms with van der Waals surface area (Å²) in [6, 6.07) is 7.32. The Labute approximate surface area is 92.7 Å². The fourth-order valence-corrected chi connectivity index (χ4v) is 1.54. The van der Waals surface area contributed by atoms with E-state index in [1.54, 1.807) is 6.92 Å². The minimum absolute atomic E-state index is 0.235. The summed E-state index contributed by atoms with van der Waals surface area (Å²) in [6.45, 7) is 4.33. The van der Waals surface area contributed by atoms with Gasteiger partial charge in [-0.05, 0) is 38.1 Å². The van der Waals surface area contributed by atoms with Crippen LogP contribution in [0.4, 0.5) is 0 Å². The number of hydrogen-bond acceptors (Lipinski definition) is 3. The van der Waals surface area contributed by atoms with E-state index < -0.39 is 0 Å². The fourth-order valence-electron chi connectivity index (χ4n) is 1.54. The van der Waals surface area contributed by atoms with Gasteiger partial charge in [-0.15, -0.1) is 0 Å². The molecule has 0 saturated carbocycles. The van der Waals surface area contributed by atoms with Crippen molar-refractivity contribution in [2.45, 2.75) is 13.8 Å². The number of aromatic nitrogens is 3. The molecule has 0 aliphatic rings. The molecular formula is C11H13N3O2. The molecule has 0 unspecified atom stereocenters. The van der Waals surface area contributed by atoms with Crippen LogP contribution in [0.3, 0.4) is 0 Å². The lowest BCUT2D eigenvalue weighted by atomic mass is 10.3.